The van der Waals surface area contributed by atoms with Crippen molar-refractivity contribution >= 4 is 22.8 Å². The molecule has 1 amide bonds. The molecule has 9 heteroatoms. The molecule has 192 valence electrons. The summed E-state index contributed by atoms with van der Waals surface area (Å²) in [4.78, 5) is 25.6. The number of carbonyl (C=O) groups is 1. The summed E-state index contributed by atoms with van der Waals surface area (Å²) in [6, 6.07) is 11.9. The molecule has 3 aromatic heterocycles. The van der Waals surface area contributed by atoms with Gasteiger partial charge in [0.2, 0.25) is 0 Å². The molecule has 1 fully saturated rings. The fraction of sp³-hybridized carbons (Fsp3) is 0.357. The molecule has 4 aromatic rings. The smallest absolute Gasteiger partial charge is 0.251 e. The van der Waals surface area contributed by atoms with Crippen LogP contribution in [0.5, 0.6) is 5.75 Å². The van der Waals surface area contributed by atoms with Gasteiger partial charge in [0.1, 0.15) is 23.5 Å². The van der Waals surface area contributed by atoms with E-state index >= 15 is 0 Å². The Morgan fingerprint density at radius 1 is 1.19 bits per heavy atom. The highest BCUT2D eigenvalue weighted by molar-refractivity contribution is 5.94. The molecule has 37 heavy (non-hydrogen) atoms. The van der Waals surface area contributed by atoms with E-state index in [-0.39, 0.29) is 17.7 Å². The summed E-state index contributed by atoms with van der Waals surface area (Å²) in [7, 11) is 3.25. The molecule has 4 heterocycles. The van der Waals surface area contributed by atoms with Crippen LogP contribution in [0.4, 0.5) is 5.82 Å². The zero-order chi connectivity index (χ0) is 25.9. The first-order valence-corrected chi connectivity index (χ1v) is 12.5. The number of pyridine rings is 1. The number of rotatable bonds is 9. The molecule has 0 aliphatic carbocycles. The maximum absolute atomic E-state index is 12.0. The van der Waals surface area contributed by atoms with Crippen molar-refractivity contribution in [3.63, 3.8) is 0 Å². The molecule has 0 saturated carbocycles. The molecule has 0 bridgehead atoms. The van der Waals surface area contributed by atoms with E-state index < -0.39 is 0 Å². The molecular formula is C28H32N6O3. The van der Waals surface area contributed by atoms with Crippen molar-refractivity contribution in [1.82, 2.24) is 24.8 Å². The van der Waals surface area contributed by atoms with Crippen molar-refractivity contribution in [3.8, 4) is 17.0 Å². The Kier molecular flexibility index (Phi) is 7.05. The molecule has 1 aromatic carbocycles. The number of benzene rings is 1. The van der Waals surface area contributed by atoms with Gasteiger partial charge in [0.25, 0.3) is 5.91 Å². The van der Waals surface area contributed by atoms with E-state index in [1.54, 1.807) is 26.6 Å². The minimum Gasteiger partial charge on any atom is -0.496 e. The molecule has 2 atom stereocenters. The first-order valence-electron chi connectivity index (χ1n) is 12.5. The SMILES string of the molecule is CNC(=O)c1ccc(C(C)[C@H](C)CNc2cc(-c3cn(C4COC4)c4ncccc34)ncn2)c(OC)c1. The zero-order valence-electron chi connectivity index (χ0n) is 21.6. The van der Waals surface area contributed by atoms with Gasteiger partial charge in [-0.2, -0.15) is 0 Å². The summed E-state index contributed by atoms with van der Waals surface area (Å²) >= 11 is 0. The van der Waals surface area contributed by atoms with Gasteiger partial charge in [-0.3, -0.25) is 4.79 Å². The second kappa shape index (κ2) is 10.6. The summed E-state index contributed by atoms with van der Waals surface area (Å²) in [5.74, 6) is 1.81. The van der Waals surface area contributed by atoms with Crippen LogP contribution in [0.25, 0.3) is 22.3 Å². The van der Waals surface area contributed by atoms with Crippen molar-refractivity contribution in [2.45, 2.75) is 25.8 Å². The predicted molar refractivity (Wildman–Crippen MR) is 143 cm³/mol. The summed E-state index contributed by atoms with van der Waals surface area (Å²) in [6.07, 6.45) is 5.54. The number of hydrogen-bond donors (Lipinski definition) is 2. The van der Waals surface area contributed by atoms with Crippen molar-refractivity contribution in [2.24, 2.45) is 5.92 Å². The van der Waals surface area contributed by atoms with Gasteiger partial charge in [-0.15, -0.1) is 0 Å². The molecule has 0 radical (unpaired) electrons. The minimum atomic E-state index is -0.133. The van der Waals surface area contributed by atoms with E-state index in [0.717, 1.165) is 33.7 Å². The van der Waals surface area contributed by atoms with Gasteiger partial charge in [-0.1, -0.05) is 19.9 Å². The Bertz CT molecular complexity index is 1410. The topological polar surface area (TPSA) is 103 Å². The summed E-state index contributed by atoms with van der Waals surface area (Å²) in [5, 5.41) is 7.20. The summed E-state index contributed by atoms with van der Waals surface area (Å²) < 4.78 is 13.2. The third kappa shape index (κ3) is 4.86. The Hall–Kier alpha value is -3.98. The van der Waals surface area contributed by atoms with Crippen LogP contribution in [0.3, 0.4) is 0 Å². The van der Waals surface area contributed by atoms with E-state index in [9.17, 15) is 4.79 Å². The molecular weight excluding hydrogens is 468 g/mol. The van der Waals surface area contributed by atoms with Gasteiger partial charge < -0.3 is 24.7 Å². The monoisotopic (exact) mass is 500 g/mol. The maximum Gasteiger partial charge on any atom is 0.251 e. The Balaban J connectivity index is 1.32. The average molecular weight is 501 g/mol. The van der Waals surface area contributed by atoms with Crippen LogP contribution in [0.2, 0.25) is 0 Å². The van der Waals surface area contributed by atoms with Gasteiger partial charge in [-0.05, 0) is 41.7 Å². The molecule has 9 nitrogen and oxygen atoms in total. The van der Waals surface area contributed by atoms with Gasteiger partial charge in [0.15, 0.2) is 0 Å². The second-order valence-corrected chi connectivity index (χ2v) is 9.49. The first-order chi connectivity index (χ1) is 18.0. The second-order valence-electron chi connectivity index (χ2n) is 9.49. The largest absolute Gasteiger partial charge is 0.496 e. The van der Waals surface area contributed by atoms with Gasteiger partial charge in [-0.25, -0.2) is 15.0 Å². The molecule has 1 saturated heterocycles. The van der Waals surface area contributed by atoms with Crippen LogP contribution in [0.15, 0.2) is 55.1 Å². The highest BCUT2D eigenvalue weighted by atomic mass is 16.5. The van der Waals surface area contributed by atoms with Gasteiger partial charge in [0.05, 0.1) is 32.1 Å². The van der Waals surface area contributed by atoms with E-state index in [2.05, 4.69) is 56.3 Å². The lowest BCUT2D eigenvalue weighted by Gasteiger charge is -2.27. The van der Waals surface area contributed by atoms with Crippen molar-refractivity contribution in [3.05, 3.63) is 66.2 Å². The first kappa shape index (κ1) is 24.7. The van der Waals surface area contributed by atoms with Crippen LogP contribution in [-0.2, 0) is 4.74 Å². The number of carbonyl (C=O) groups excluding carboxylic acids is 1. The third-order valence-electron chi connectivity index (χ3n) is 7.22. The van der Waals surface area contributed by atoms with Gasteiger partial charge in [0, 0.05) is 48.6 Å². The molecule has 0 spiro atoms. The van der Waals surface area contributed by atoms with Gasteiger partial charge >= 0.3 is 0 Å². The molecule has 1 aliphatic heterocycles. The van der Waals surface area contributed by atoms with E-state index in [4.69, 9.17) is 9.47 Å². The predicted octanol–water partition coefficient (Wildman–Crippen LogP) is 4.28. The molecule has 1 unspecified atom stereocenters. The Labute approximate surface area is 216 Å². The van der Waals surface area contributed by atoms with Crippen molar-refractivity contribution in [1.29, 1.82) is 0 Å². The molecule has 5 rings (SSSR count). The molecule has 1 aliphatic rings. The van der Waals surface area contributed by atoms with Crippen LogP contribution in [-0.4, -0.2) is 59.3 Å². The van der Waals surface area contributed by atoms with E-state index in [1.165, 1.54) is 0 Å². The lowest BCUT2D eigenvalue weighted by Crippen LogP contribution is -2.30. The highest BCUT2D eigenvalue weighted by Gasteiger charge is 2.25. The Morgan fingerprint density at radius 3 is 2.76 bits per heavy atom. The number of nitrogens with zero attached hydrogens (tertiary/aromatic N) is 4. The number of amides is 1. The van der Waals surface area contributed by atoms with Crippen LogP contribution in [0, 0.1) is 5.92 Å². The molecule has 2 N–H and O–H groups in total. The van der Waals surface area contributed by atoms with E-state index in [0.29, 0.717) is 37.1 Å². The fourth-order valence-corrected chi connectivity index (χ4v) is 4.67. The van der Waals surface area contributed by atoms with E-state index in [1.807, 2.05) is 30.5 Å². The van der Waals surface area contributed by atoms with Crippen molar-refractivity contribution < 1.29 is 14.3 Å². The number of aromatic nitrogens is 4. The average Bonchev–Trinajstić information content (AvgIpc) is 3.28. The maximum atomic E-state index is 12.0. The fourth-order valence-electron chi connectivity index (χ4n) is 4.67. The highest BCUT2D eigenvalue weighted by Crippen LogP contribution is 2.34. The van der Waals surface area contributed by atoms with Crippen LogP contribution >= 0.6 is 0 Å². The lowest BCUT2D eigenvalue weighted by molar-refractivity contribution is -0.0215. The lowest BCUT2D eigenvalue weighted by atomic mass is 9.87. The number of fused-ring (bicyclic) bond motifs is 1. The summed E-state index contributed by atoms with van der Waals surface area (Å²) in [6.45, 7) is 6.46. The number of nitrogens with one attached hydrogen (secondary N) is 2. The Morgan fingerprint density at radius 2 is 2.03 bits per heavy atom. The quantitative estimate of drug-likeness (QED) is 0.353. The number of anilines is 1. The zero-order valence-corrected chi connectivity index (χ0v) is 21.6. The summed E-state index contributed by atoms with van der Waals surface area (Å²) in [5.41, 5.74) is 4.46. The van der Waals surface area contributed by atoms with Crippen molar-refractivity contribution in [2.75, 3.05) is 39.2 Å². The standard InChI is InChI=1S/C28H32N6O3/c1-17(18(2)21-8-7-19(28(35)29-3)10-25(21)36-4)12-31-26-11-24(32-16-33-26)23-13-34(20-14-37-15-20)27-22(23)6-5-9-30-27/h5-11,13,16-18,20H,12,14-15H2,1-4H3,(H,29,35)(H,31,32,33)/t17-,18?/m1/s1. The number of ether oxygens (including phenoxy) is 2. The number of methoxy groups -OCH3 is 1. The normalized spacial score (nSPS) is 15.1. The third-order valence-corrected chi connectivity index (χ3v) is 7.22. The minimum absolute atomic E-state index is 0.133. The van der Waals surface area contributed by atoms with Crippen LogP contribution < -0.4 is 15.4 Å². The number of hydrogen-bond acceptors (Lipinski definition) is 7. The van der Waals surface area contributed by atoms with Crippen LogP contribution in [0.1, 0.15) is 41.7 Å².